The standard InChI is InChI=1S/C18H24ClN3O2/c1-2-3-10-24-11-6-9-21-13-16(12-20)18(23)22-14-15-7-4-5-8-17(15)19/h4-5,7-8,13,21H,2-3,6,9-11,14H2,1H3,(H,22,23)/b16-13-. The maximum Gasteiger partial charge on any atom is 0.263 e. The van der Waals surface area contributed by atoms with E-state index in [0.717, 1.165) is 31.4 Å². The molecule has 0 aliphatic heterocycles. The van der Waals surface area contributed by atoms with E-state index in [1.165, 1.54) is 6.20 Å². The van der Waals surface area contributed by atoms with Crippen LogP contribution in [0.1, 0.15) is 31.7 Å². The second-order valence-electron chi connectivity index (χ2n) is 5.22. The first-order chi connectivity index (χ1) is 11.7. The van der Waals surface area contributed by atoms with Crippen LogP contribution in [0.25, 0.3) is 0 Å². The molecule has 0 aromatic heterocycles. The first-order valence-electron chi connectivity index (χ1n) is 8.12. The van der Waals surface area contributed by atoms with Crippen LogP contribution < -0.4 is 10.6 Å². The Morgan fingerprint density at radius 2 is 2.08 bits per heavy atom. The highest BCUT2D eigenvalue weighted by molar-refractivity contribution is 6.31. The molecule has 0 radical (unpaired) electrons. The molecule has 0 bridgehead atoms. The summed E-state index contributed by atoms with van der Waals surface area (Å²) < 4.78 is 5.44. The van der Waals surface area contributed by atoms with Gasteiger partial charge in [0.2, 0.25) is 0 Å². The number of halogens is 1. The number of carbonyl (C=O) groups is 1. The molecule has 1 amide bonds. The van der Waals surface area contributed by atoms with Gasteiger partial charge in [0.15, 0.2) is 0 Å². The molecule has 6 heteroatoms. The fraction of sp³-hybridized carbons (Fsp3) is 0.444. The molecule has 130 valence electrons. The number of carbonyl (C=O) groups excluding carboxylic acids is 1. The zero-order valence-corrected chi connectivity index (χ0v) is 14.7. The molecule has 1 rings (SSSR count). The predicted octanol–water partition coefficient (Wildman–Crippen LogP) is 3.16. The summed E-state index contributed by atoms with van der Waals surface area (Å²) in [7, 11) is 0. The van der Waals surface area contributed by atoms with Crippen molar-refractivity contribution >= 4 is 17.5 Å². The van der Waals surface area contributed by atoms with Crippen molar-refractivity contribution in [1.82, 2.24) is 10.6 Å². The number of nitrogens with zero attached hydrogens (tertiary/aromatic N) is 1. The summed E-state index contributed by atoms with van der Waals surface area (Å²) in [5.41, 5.74) is 0.843. The summed E-state index contributed by atoms with van der Waals surface area (Å²) in [6.07, 6.45) is 4.45. The van der Waals surface area contributed by atoms with Crippen LogP contribution in [0.15, 0.2) is 36.0 Å². The van der Waals surface area contributed by atoms with Crippen LogP contribution in [0.3, 0.4) is 0 Å². The highest BCUT2D eigenvalue weighted by atomic mass is 35.5. The van der Waals surface area contributed by atoms with Gasteiger partial charge in [-0.3, -0.25) is 4.79 Å². The normalized spacial score (nSPS) is 11.0. The highest BCUT2D eigenvalue weighted by Crippen LogP contribution is 2.14. The molecule has 5 nitrogen and oxygen atoms in total. The SMILES string of the molecule is CCCCOCCCN/C=C(/C#N)C(=O)NCc1ccccc1Cl. The first-order valence-corrected chi connectivity index (χ1v) is 8.49. The molecule has 2 N–H and O–H groups in total. The van der Waals surface area contributed by atoms with E-state index in [2.05, 4.69) is 17.6 Å². The summed E-state index contributed by atoms with van der Waals surface area (Å²) in [4.78, 5) is 12.0. The second-order valence-corrected chi connectivity index (χ2v) is 5.62. The zero-order chi connectivity index (χ0) is 17.6. The van der Waals surface area contributed by atoms with Crippen LogP contribution in [0.5, 0.6) is 0 Å². The van der Waals surface area contributed by atoms with E-state index in [9.17, 15) is 4.79 Å². The van der Waals surface area contributed by atoms with Crippen molar-refractivity contribution in [3.05, 3.63) is 46.6 Å². The molecule has 0 saturated heterocycles. The maximum absolute atomic E-state index is 12.0. The lowest BCUT2D eigenvalue weighted by atomic mass is 10.2. The van der Waals surface area contributed by atoms with Gasteiger partial charge in [0.25, 0.3) is 5.91 Å². The topological polar surface area (TPSA) is 74.1 Å². The van der Waals surface area contributed by atoms with E-state index >= 15 is 0 Å². The van der Waals surface area contributed by atoms with Gasteiger partial charge in [0, 0.05) is 37.5 Å². The Kier molecular flexibility index (Phi) is 10.3. The van der Waals surface area contributed by atoms with Crippen LogP contribution in [-0.4, -0.2) is 25.7 Å². The molecular formula is C18H24ClN3O2. The number of benzene rings is 1. The number of unbranched alkanes of at least 4 members (excludes halogenated alkanes) is 1. The van der Waals surface area contributed by atoms with E-state index < -0.39 is 5.91 Å². The van der Waals surface area contributed by atoms with E-state index in [4.69, 9.17) is 21.6 Å². The summed E-state index contributed by atoms with van der Waals surface area (Å²) >= 11 is 6.03. The lowest BCUT2D eigenvalue weighted by Crippen LogP contribution is -2.25. The van der Waals surface area contributed by atoms with Gasteiger partial charge in [-0.1, -0.05) is 43.1 Å². The molecule has 1 aromatic carbocycles. The summed E-state index contributed by atoms with van der Waals surface area (Å²) in [5, 5.41) is 15.3. The van der Waals surface area contributed by atoms with Gasteiger partial charge >= 0.3 is 0 Å². The Morgan fingerprint density at radius 1 is 1.33 bits per heavy atom. The van der Waals surface area contributed by atoms with E-state index in [1.54, 1.807) is 6.07 Å². The number of ether oxygens (including phenoxy) is 1. The van der Waals surface area contributed by atoms with Crippen molar-refractivity contribution in [2.24, 2.45) is 0 Å². The molecule has 0 unspecified atom stereocenters. The Balaban J connectivity index is 2.30. The predicted molar refractivity (Wildman–Crippen MR) is 95.3 cm³/mol. The van der Waals surface area contributed by atoms with Crippen LogP contribution in [0.4, 0.5) is 0 Å². The van der Waals surface area contributed by atoms with Gasteiger partial charge in [-0.15, -0.1) is 0 Å². The number of nitriles is 1. The molecule has 0 heterocycles. The van der Waals surface area contributed by atoms with Gasteiger partial charge < -0.3 is 15.4 Å². The van der Waals surface area contributed by atoms with Crippen molar-refractivity contribution in [3.63, 3.8) is 0 Å². The average molecular weight is 350 g/mol. The van der Waals surface area contributed by atoms with Gasteiger partial charge in [0.1, 0.15) is 11.6 Å². The summed E-state index contributed by atoms with van der Waals surface area (Å²) in [6.45, 7) is 4.50. The number of amides is 1. The van der Waals surface area contributed by atoms with Crippen molar-refractivity contribution in [2.75, 3.05) is 19.8 Å². The van der Waals surface area contributed by atoms with E-state index in [-0.39, 0.29) is 12.1 Å². The highest BCUT2D eigenvalue weighted by Gasteiger charge is 2.09. The third-order valence-electron chi connectivity index (χ3n) is 3.26. The minimum Gasteiger partial charge on any atom is -0.390 e. The van der Waals surface area contributed by atoms with Crippen LogP contribution in [-0.2, 0) is 16.1 Å². The van der Waals surface area contributed by atoms with E-state index in [1.807, 2.05) is 24.3 Å². The van der Waals surface area contributed by atoms with Gasteiger partial charge in [-0.2, -0.15) is 5.26 Å². The second kappa shape index (κ2) is 12.4. The molecule has 0 atom stereocenters. The molecule has 0 fully saturated rings. The number of nitrogens with one attached hydrogen (secondary N) is 2. The van der Waals surface area contributed by atoms with Crippen LogP contribution in [0.2, 0.25) is 5.02 Å². The van der Waals surface area contributed by atoms with Crippen molar-refractivity contribution in [3.8, 4) is 6.07 Å². The third kappa shape index (κ3) is 8.00. The van der Waals surface area contributed by atoms with Gasteiger partial charge in [-0.25, -0.2) is 0 Å². The molecular weight excluding hydrogens is 326 g/mol. The summed E-state index contributed by atoms with van der Waals surface area (Å²) in [5.74, 6) is -0.427. The Hall–Kier alpha value is -2.03. The lowest BCUT2D eigenvalue weighted by Gasteiger charge is -2.07. The molecule has 0 aliphatic rings. The summed E-state index contributed by atoms with van der Waals surface area (Å²) in [6, 6.07) is 9.15. The molecule has 24 heavy (non-hydrogen) atoms. The number of hydrogen-bond acceptors (Lipinski definition) is 4. The van der Waals surface area contributed by atoms with Gasteiger partial charge in [0.05, 0.1) is 0 Å². The Labute approximate surface area is 148 Å². The minimum atomic E-state index is -0.427. The van der Waals surface area contributed by atoms with Crippen LogP contribution >= 0.6 is 11.6 Å². The van der Waals surface area contributed by atoms with Crippen LogP contribution in [0, 0.1) is 11.3 Å². The molecule has 0 spiro atoms. The molecule has 0 aliphatic carbocycles. The molecule has 0 saturated carbocycles. The molecule has 1 aromatic rings. The zero-order valence-electron chi connectivity index (χ0n) is 14.0. The minimum absolute atomic E-state index is 0.0361. The quantitative estimate of drug-likeness (QED) is 0.365. The fourth-order valence-corrected chi connectivity index (χ4v) is 2.06. The average Bonchev–Trinajstić information content (AvgIpc) is 2.59. The smallest absolute Gasteiger partial charge is 0.263 e. The maximum atomic E-state index is 12.0. The van der Waals surface area contributed by atoms with Crippen molar-refractivity contribution in [2.45, 2.75) is 32.7 Å². The fourth-order valence-electron chi connectivity index (χ4n) is 1.86. The number of hydrogen-bond donors (Lipinski definition) is 2. The Bertz CT molecular complexity index is 582. The van der Waals surface area contributed by atoms with Crippen molar-refractivity contribution in [1.29, 1.82) is 5.26 Å². The Morgan fingerprint density at radius 3 is 2.79 bits per heavy atom. The van der Waals surface area contributed by atoms with Gasteiger partial charge in [-0.05, 0) is 24.5 Å². The monoisotopic (exact) mass is 349 g/mol. The largest absolute Gasteiger partial charge is 0.390 e. The van der Waals surface area contributed by atoms with Crippen molar-refractivity contribution < 1.29 is 9.53 Å². The first kappa shape index (κ1) is 20.0. The third-order valence-corrected chi connectivity index (χ3v) is 3.63. The lowest BCUT2D eigenvalue weighted by molar-refractivity contribution is -0.117. The number of rotatable bonds is 11. The van der Waals surface area contributed by atoms with E-state index in [0.29, 0.717) is 18.2 Å².